The van der Waals surface area contributed by atoms with Crippen LogP contribution in [-0.2, 0) is 11.3 Å². The number of pyridine rings is 1. The van der Waals surface area contributed by atoms with Gasteiger partial charge < -0.3 is 14.0 Å². The number of carbonyl (C=O) groups excluding carboxylic acids is 1. The molecule has 1 saturated carbocycles. The van der Waals surface area contributed by atoms with Gasteiger partial charge in [0, 0.05) is 33.8 Å². The highest BCUT2D eigenvalue weighted by Crippen LogP contribution is 2.49. The Morgan fingerprint density at radius 1 is 1.17 bits per heavy atom. The van der Waals surface area contributed by atoms with Crippen molar-refractivity contribution in [1.29, 1.82) is 0 Å². The zero-order chi connectivity index (χ0) is 24.7. The Morgan fingerprint density at radius 2 is 1.97 bits per heavy atom. The van der Waals surface area contributed by atoms with Gasteiger partial charge in [0.15, 0.2) is 0 Å². The predicted molar refractivity (Wildman–Crippen MR) is 130 cm³/mol. The van der Waals surface area contributed by atoms with Gasteiger partial charge in [-0.15, -0.1) is 0 Å². The number of benzene rings is 2. The van der Waals surface area contributed by atoms with E-state index in [0.29, 0.717) is 28.8 Å². The van der Waals surface area contributed by atoms with Crippen molar-refractivity contribution in [1.82, 2.24) is 9.55 Å². The molecular weight excluding hydrogens is 450 g/mol. The highest BCUT2D eigenvalue weighted by Gasteiger charge is 2.35. The third-order valence-electron chi connectivity index (χ3n) is 6.66. The normalized spacial score (nSPS) is 16.9. The summed E-state index contributed by atoms with van der Waals surface area (Å²) in [5.74, 6) is -0.237. The molecule has 2 aromatic heterocycles. The summed E-state index contributed by atoms with van der Waals surface area (Å²) in [5, 5.41) is 0.813. The monoisotopic (exact) mass is 476 g/mol. The van der Waals surface area contributed by atoms with E-state index in [1.54, 1.807) is 23.8 Å². The second-order valence-corrected chi connectivity index (χ2v) is 8.92. The standard InChI is InChI=1S/C28H26F2N2O3/c1-4-35-28(33)26-25(20-6-5-11-31-27(20)34-3)22-14-17(21-12-16(21)2)7-10-24(22)32(26)15-18-13-19(29)8-9-23(18)30/h5-11,13-14,16,21H,4,12,15H2,1-3H3/t16-,21+/m0/s1. The minimum atomic E-state index is -0.553. The molecule has 4 aromatic rings. The van der Waals surface area contributed by atoms with Gasteiger partial charge in [-0.2, -0.15) is 0 Å². The molecule has 1 fully saturated rings. The van der Waals surface area contributed by atoms with E-state index in [0.717, 1.165) is 35.5 Å². The number of hydrogen-bond acceptors (Lipinski definition) is 4. The first-order chi connectivity index (χ1) is 16.9. The topological polar surface area (TPSA) is 53.4 Å². The molecule has 0 amide bonds. The molecule has 5 nitrogen and oxygen atoms in total. The largest absolute Gasteiger partial charge is 0.481 e. The SMILES string of the molecule is CCOC(=O)c1c(-c2cccnc2OC)c2cc([C@@H]3C[C@@H]3C)ccc2n1Cc1cc(F)ccc1F. The molecule has 1 aliphatic carbocycles. The molecule has 1 aliphatic rings. The lowest BCUT2D eigenvalue weighted by molar-refractivity contribution is 0.0516. The number of halogens is 2. The molecule has 0 aliphatic heterocycles. The van der Waals surface area contributed by atoms with Crippen LogP contribution in [0.15, 0.2) is 54.7 Å². The second kappa shape index (κ2) is 9.13. The number of aromatic nitrogens is 2. The molecular formula is C28H26F2N2O3. The van der Waals surface area contributed by atoms with Crippen LogP contribution in [-0.4, -0.2) is 29.2 Å². The summed E-state index contributed by atoms with van der Waals surface area (Å²) in [7, 11) is 1.52. The Bertz CT molecular complexity index is 1430. The van der Waals surface area contributed by atoms with Crippen LogP contribution in [0.5, 0.6) is 5.88 Å². The number of nitrogens with zero attached hydrogens (tertiary/aromatic N) is 2. The predicted octanol–water partition coefficient (Wildman–Crippen LogP) is 6.34. The number of methoxy groups -OCH3 is 1. The van der Waals surface area contributed by atoms with E-state index in [1.165, 1.54) is 12.7 Å². The van der Waals surface area contributed by atoms with Gasteiger partial charge in [-0.05, 0) is 73.2 Å². The zero-order valence-electron chi connectivity index (χ0n) is 19.8. The minimum absolute atomic E-state index is 0.0456. The Kier molecular flexibility index (Phi) is 6.01. The fourth-order valence-electron chi connectivity index (χ4n) is 4.82. The van der Waals surface area contributed by atoms with Crippen molar-refractivity contribution in [2.75, 3.05) is 13.7 Å². The fraction of sp³-hybridized carbons (Fsp3) is 0.286. The maximum atomic E-state index is 14.7. The Labute approximate surface area is 202 Å². The highest BCUT2D eigenvalue weighted by atomic mass is 19.1. The van der Waals surface area contributed by atoms with E-state index in [9.17, 15) is 13.6 Å². The highest BCUT2D eigenvalue weighted by molar-refractivity contribution is 6.09. The Hall–Kier alpha value is -3.74. The molecule has 35 heavy (non-hydrogen) atoms. The quantitative estimate of drug-likeness (QED) is 0.292. The Balaban J connectivity index is 1.83. The molecule has 5 rings (SSSR count). The van der Waals surface area contributed by atoms with Crippen LogP contribution in [0.2, 0.25) is 0 Å². The summed E-state index contributed by atoms with van der Waals surface area (Å²) in [6.07, 6.45) is 2.72. The number of hydrogen-bond donors (Lipinski definition) is 0. The molecule has 180 valence electrons. The molecule has 0 N–H and O–H groups in total. The van der Waals surface area contributed by atoms with E-state index >= 15 is 0 Å². The summed E-state index contributed by atoms with van der Waals surface area (Å²) in [6.45, 7) is 4.06. The van der Waals surface area contributed by atoms with E-state index in [4.69, 9.17) is 9.47 Å². The number of esters is 1. The molecule has 2 heterocycles. The van der Waals surface area contributed by atoms with Gasteiger partial charge in [0.05, 0.1) is 20.3 Å². The van der Waals surface area contributed by atoms with Crippen molar-refractivity contribution in [3.8, 4) is 17.0 Å². The van der Waals surface area contributed by atoms with E-state index < -0.39 is 17.6 Å². The van der Waals surface area contributed by atoms with Gasteiger partial charge in [-0.3, -0.25) is 0 Å². The first-order valence-corrected chi connectivity index (χ1v) is 11.7. The summed E-state index contributed by atoms with van der Waals surface area (Å²) >= 11 is 0. The molecule has 0 saturated heterocycles. The van der Waals surface area contributed by atoms with Gasteiger partial charge in [-0.1, -0.05) is 13.0 Å². The van der Waals surface area contributed by atoms with Gasteiger partial charge >= 0.3 is 5.97 Å². The van der Waals surface area contributed by atoms with Crippen LogP contribution in [0.4, 0.5) is 8.78 Å². The third kappa shape index (κ3) is 4.16. The smallest absolute Gasteiger partial charge is 0.355 e. The van der Waals surface area contributed by atoms with Crippen molar-refractivity contribution >= 4 is 16.9 Å². The first-order valence-electron chi connectivity index (χ1n) is 11.7. The maximum Gasteiger partial charge on any atom is 0.355 e. The van der Waals surface area contributed by atoms with Crippen molar-refractivity contribution in [3.05, 3.63) is 83.2 Å². The molecule has 0 radical (unpaired) electrons. The van der Waals surface area contributed by atoms with Gasteiger partial charge in [0.25, 0.3) is 0 Å². The fourth-order valence-corrected chi connectivity index (χ4v) is 4.82. The van der Waals surface area contributed by atoms with Crippen LogP contribution in [0.1, 0.15) is 47.8 Å². The average Bonchev–Trinajstić information content (AvgIpc) is 3.51. The maximum absolute atomic E-state index is 14.7. The Morgan fingerprint density at radius 3 is 2.69 bits per heavy atom. The van der Waals surface area contributed by atoms with E-state index in [1.807, 2.05) is 18.2 Å². The van der Waals surface area contributed by atoms with Gasteiger partial charge in [0.1, 0.15) is 17.3 Å². The summed E-state index contributed by atoms with van der Waals surface area (Å²) in [6, 6.07) is 13.0. The molecule has 7 heteroatoms. The molecule has 0 spiro atoms. The van der Waals surface area contributed by atoms with Crippen LogP contribution >= 0.6 is 0 Å². The summed E-state index contributed by atoms with van der Waals surface area (Å²) in [5.41, 5.74) is 3.51. The molecule has 0 bridgehead atoms. The minimum Gasteiger partial charge on any atom is -0.481 e. The molecule has 2 aromatic carbocycles. The third-order valence-corrected chi connectivity index (χ3v) is 6.66. The lowest BCUT2D eigenvalue weighted by atomic mass is 9.99. The summed E-state index contributed by atoms with van der Waals surface area (Å²) in [4.78, 5) is 17.7. The lowest BCUT2D eigenvalue weighted by Crippen LogP contribution is -2.15. The van der Waals surface area contributed by atoms with Crippen molar-refractivity contribution < 1.29 is 23.0 Å². The van der Waals surface area contributed by atoms with Gasteiger partial charge in [0.2, 0.25) is 5.88 Å². The second-order valence-electron chi connectivity index (χ2n) is 8.92. The van der Waals surface area contributed by atoms with Crippen LogP contribution in [0.3, 0.4) is 0 Å². The first kappa shape index (κ1) is 23.0. The number of rotatable bonds is 7. The average molecular weight is 477 g/mol. The van der Waals surface area contributed by atoms with Crippen molar-refractivity contribution in [3.63, 3.8) is 0 Å². The van der Waals surface area contributed by atoms with Crippen molar-refractivity contribution in [2.45, 2.75) is 32.7 Å². The number of carbonyl (C=O) groups is 1. The van der Waals surface area contributed by atoms with E-state index in [-0.39, 0.29) is 24.4 Å². The lowest BCUT2D eigenvalue weighted by Gasteiger charge is -2.13. The van der Waals surface area contributed by atoms with Crippen LogP contribution in [0, 0.1) is 17.6 Å². The van der Waals surface area contributed by atoms with Crippen molar-refractivity contribution in [2.24, 2.45) is 5.92 Å². The zero-order valence-corrected chi connectivity index (χ0v) is 19.8. The van der Waals surface area contributed by atoms with Crippen LogP contribution < -0.4 is 4.74 Å². The number of fused-ring (bicyclic) bond motifs is 1. The van der Waals surface area contributed by atoms with Gasteiger partial charge in [-0.25, -0.2) is 18.6 Å². The number of ether oxygens (including phenoxy) is 2. The van der Waals surface area contributed by atoms with E-state index in [2.05, 4.69) is 18.0 Å². The molecule has 2 atom stereocenters. The van der Waals surface area contributed by atoms with Crippen LogP contribution in [0.25, 0.3) is 22.0 Å². The molecule has 0 unspecified atom stereocenters. The summed E-state index contributed by atoms with van der Waals surface area (Å²) < 4.78 is 41.4.